The number of carbonyl (C=O) groups is 2. The molecule has 0 fully saturated rings. The van der Waals surface area contributed by atoms with Crippen LogP contribution in [0.5, 0.6) is 0 Å². The molecule has 2 unspecified atom stereocenters. The summed E-state index contributed by atoms with van der Waals surface area (Å²) in [6.07, 6.45) is 13.3. The topological polar surface area (TPSA) is 52.6 Å². The Bertz CT molecular complexity index is 870. The minimum absolute atomic E-state index is 0.0661. The monoisotopic (exact) mass is 536 g/mol. The summed E-state index contributed by atoms with van der Waals surface area (Å²) in [7, 11) is 0. The van der Waals surface area contributed by atoms with Gasteiger partial charge in [-0.1, -0.05) is 97.4 Å². The standard InChI is InChI=1S/C35H52O4/c1-6-11-13-15-17-27-19-23-29(24-20-27)34(36)38-32(9-4)31(8-3)33(10-5)39-35(37)30-25-21-28(22-26-30)18-16-14-12-7-2/h19-26,31-33H,6-18H2,1-5H3. The van der Waals surface area contributed by atoms with Crippen molar-refractivity contribution in [2.75, 3.05) is 0 Å². The van der Waals surface area contributed by atoms with Crippen molar-refractivity contribution in [3.63, 3.8) is 0 Å². The molecule has 0 aromatic heterocycles. The molecule has 0 bridgehead atoms. The van der Waals surface area contributed by atoms with Crippen LogP contribution in [0.25, 0.3) is 0 Å². The number of rotatable bonds is 19. The molecule has 0 spiro atoms. The van der Waals surface area contributed by atoms with Gasteiger partial charge in [0.05, 0.1) is 11.1 Å². The van der Waals surface area contributed by atoms with Crippen LogP contribution in [-0.2, 0) is 22.3 Å². The van der Waals surface area contributed by atoms with Gasteiger partial charge in [0.25, 0.3) is 0 Å². The van der Waals surface area contributed by atoms with Gasteiger partial charge in [0.2, 0.25) is 0 Å². The zero-order chi connectivity index (χ0) is 28.5. The first-order valence-corrected chi connectivity index (χ1v) is 15.6. The van der Waals surface area contributed by atoms with Gasteiger partial charge in [-0.2, -0.15) is 0 Å². The number of hydrogen-bond acceptors (Lipinski definition) is 4. The van der Waals surface area contributed by atoms with E-state index in [0.29, 0.717) is 24.0 Å². The smallest absolute Gasteiger partial charge is 0.338 e. The summed E-state index contributed by atoms with van der Waals surface area (Å²) in [5.74, 6) is -0.689. The van der Waals surface area contributed by atoms with Crippen molar-refractivity contribution >= 4 is 11.9 Å². The molecule has 2 rings (SSSR count). The van der Waals surface area contributed by atoms with Gasteiger partial charge in [0, 0.05) is 5.92 Å². The summed E-state index contributed by atoms with van der Waals surface area (Å²) in [6, 6.07) is 15.6. The van der Waals surface area contributed by atoms with Gasteiger partial charge in [0.1, 0.15) is 12.2 Å². The number of ether oxygens (including phenoxy) is 2. The van der Waals surface area contributed by atoms with E-state index in [1.165, 1.54) is 62.5 Å². The maximum absolute atomic E-state index is 13.0. The first-order valence-electron chi connectivity index (χ1n) is 15.6. The third kappa shape index (κ3) is 11.2. The average molecular weight is 537 g/mol. The molecule has 0 aliphatic carbocycles. The molecular formula is C35H52O4. The molecular weight excluding hydrogens is 484 g/mol. The molecule has 0 saturated carbocycles. The summed E-state index contributed by atoms with van der Waals surface area (Å²) in [6.45, 7) is 10.5. The van der Waals surface area contributed by atoms with Crippen LogP contribution in [0, 0.1) is 5.92 Å². The number of aryl methyl sites for hydroxylation is 2. The van der Waals surface area contributed by atoms with Crippen molar-refractivity contribution < 1.29 is 19.1 Å². The Morgan fingerprint density at radius 2 is 0.923 bits per heavy atom. The van der Waals surface area contributed by atoms with Crippen LogP contribution in [0.4, 0.5) is 0 Å². The van der Waals surface area contributed by atoms with E-state index in [-0.39, 0.29) is 30.1 Å². The molecule has 2 aromatic carbocycles. The van der Waals surface area contributed by atoms with Gasteiger partial charge in [-0.05, 0) is 80.3 Å². The molecule has 0 saturated heterocycles. The summed E-state index contributed by atoms with van der Waals surface area (Å²) >= 11 is 0. The fourth-order valence-corrected chi connectivity index (χ4v) is 5.25. The van der Waals surface area contributed by atoms with Gasteiger partial charge in [-0.15, -0.1) is 0 Å². The fourth-order valence-electron chi connectivity index (χ4n) is 5.25. The summed E-state index contributed by atoms with van der Waals surface area (Å²) < 4.78 is 12.0. The predicted octanol–water partition coefficient (Wildman–Crippen LogP) is 9.53. The first kappa shape index (κ1) is 32.6. The number of unbranched alkanes of at least 4 members (excludes halogenated alkanes) is 6. The SMILES string of the molecule is CCCCCCc1ccc(C(=O)OC(CC)C(CC)C(CC)OC(=O)c2ccc(CCCCCC)cc2)cc1. The normalized spacial score (nSPS) is 13.5. The summed E-state index contributed by atoms with van der Waals surface area (Å²) in [4.78, 5) is 26.0. The van der Waals surface area contributed by atoms with Crippen molar-refractivity contribution in [2.45, 2.75) is 130 Å². The Labute approximate surface area is 237 Å². The molecule has 0 heterocycles. The van der Waals surface area contributed by atoms with Crippen molar-refractivity contribution in [1.82, 2.24) is 0 Å². The van der Waals surface area contributed by atoms with Crippen molar-refractivity contribution in [3.05, 3.63) is 70.8 Å². The van der Waals surface area contributed by atoms with E-state index in [4.69, 9.17) is 9.47 Å². The lowest BCUT2D eigenvalue weighted by atomic mass is 9.89. The van der Waals surface area contributed by atoms with Crippen molar-refractivity contribution in [1.29, 1.82) is 0 Å². The van der Waals surface area contributed by atoms with E-state index in [1.807, 2.05) is 62.4 Å². The molecule has 0 radical (unpaired) electrons. The highest BCUT2D eigenvalue weighted by Crippen LogP contribution is 2.26. The highest BCUT2D eigenvalue weighted by molar-refractivity contribution is 5.90. The molecule has 0 amide bonds. The van der Waals surface area contributed by atoms with E-state index >= 15 is 0 Å². The molecule has 2 atom stereocenters. The summed E-state index contributed by atoms with van der Waals surface area (Å²) in [5.41, 5.74) is 3.65. The maximum atomic E-state index is 13.0. The number of hydrogen-bond donors (Lipinski definition) is 0. The minimum atomic E-state index is -0.320. The largest absolute Gasteiger partial charge is 0.458 e. The van der Waals surface area contributed by atoms with Crippen LogP contribution < -0.4 is 0 Å². The summed E-state index contributed by atoms with van der Waals surface area (Å²) in [5, 5.41) is 0. The number of esters is 2. The molecule has 4 nitrogen and oxygen atoms in total. The van der Waals surface area contributed by atoms with Crippen LogP contribution in [0.1, 0.15) is 137 Å². The highest BCUT2D eigenvalue weighted by Gasteiger charge is 2.32. The van der Waals surface area contributed by atoms with Crippen LogP contribution in [0.3, 0.4) is 0 Å². The Morgan fingerprint density at radius 1 is 0.538 bits per heavy atom. The number of carbonyl (C=O) groups excluding carboxylic acids is 2. The van der Waals surface area contributed by atoms with Gasteiger partial charge >= 0.3 is 11.9 Å². The molecule has 0 aliphatic heterocycles. The molecule has 2 aromatic rings. The zero-order valence-corrected chi connectivity index (χ0v) is 25.2. The molecule has 0 N–H and O–H groups in total. The van der Waals surface area contributed by atoms with Crippen molar-refractivity contribution in [3.8, 4) is 0 Å². The molecule has 39 heavy (non-hydrogen) atoms. The lowest BCUT2D eigenvalue weighted by molar-refractivity contribution is -0.0362. The maximum Gasteiger partial charge on any atom is 0.338 e. The third-order valence-electron chi connectivity index (χ3n) is 7.77. The third-order valence-corrected chi connectivity index (χ3v) is 7.77. The lowest BCUT2D eigenvalue weighted by Gasteiger charge is -2.31. The van der Waals surface area contributed by atoms with E-state index in [2.05, 4.69) is 20.8 Å². The lowest BCUT2D eigenvalue weighted by Crippen LogP contribution is -2.37. The second-order valence-electron chi connectivity index (χ2n) is 10.8. The van der Waals surface area contributed by atoms with Crippen LogP contribution in [0.2, 0.25) is 0 Å². The zero-order valence-electron chi connectivity index (χ0n) is 25.2. The Morgan fingerprint density at radius 3 is 1.23 bits per heavy atom. The van der Waals surface area contributed by atoms with Gasteiger partial charge in [-0.25, -0.2) is 9.59 Å². The van der Waals surface area contributed by atoms with Crippen LogP contribution >= 0.6 is 0 Å². The van der Waals surface area contributed by atoms with Crippen LogP contribution in [0.15, 0.2) is 48.5 Å². The van der Waals surface area contributed by atoms with Gasteiger partial charge in [0.15, 0.2) is 0 Å². The van der Waals surface area contributed by atoms with E-state index in [1.54, 1.807) is 0 Å². The fraction of sp³-hybridized carbons (Fsp3) is 0.600. The molecule has 0 aliphatic rings. The van der Waals surface area contributed by atoms with Crippen molar-refractivity contribution in [2.24, 2.45) is 5.92 Å². The highest BCUT2D eigenvalue weighted by atomic mass is 16.6. The Kier molecular flexibility index (Phi) is 15.6. The quantitative estimate of drug-likeness (QED) is 0.132. The predicted molar refractivity (Wildman–Crippen MR) is 161 cm³/mol. The Hall–Kier alpha value is -2.62. The van der Waals surface area contributed by atoms with E-state index in [9.17, 15) is 9.59 Å². The van der Waals surface area contributed by atoms with Crippen LogP contribution in [-0.4, -0.2) is 24.1 Å². The van der Waals surface area contributed by atoms with E-state index in [0.717, 1.165) is 19.3 Å². The number of benzene rings is 2. The first-order chi connectivity index (χ1) is 19.0. The van der Waals surface area contributed by atoms with Gasteiger partial charge < -0.3 is 9.47 Å². The molecule has 216 valence electrons. The average Bonchev–Trinajstić information content (AvgIpc) is 2.97. The minimum Gasteiger partial charge on any atom is -0.458 e. The second kappa shape index (κ2) is 18.6. The second-order valence-corrected chi connectivity index (χ2v) is 10.8. The van der Waals surface area contributed by atoms with Gasteiger partial charge in [-0.3, -0.25) is 0 Å². The molecule has 4 heteroatoms. The Balaban J connectivity index is 1.97. The van der Waals surface area contributed by atoms with E-state index < -0.39 is 0 Å².